The number of carbonyl (C=O) groups excluding carboxylic acids is 1. The Morgan fingerprint density at radius 3 is 2.65 bits per heavy atom. The van der Waals surface area contributed by atoms with E-state index in [1.807, 2.05) is 11.8 Å². The SMILES string of the molecule is CCC[C@H]1C(=O)N2[C@H](C(C)(C)C)OC[C@@]2([C@H](C)[C@@H]2C=CCCC2)[C@@]1(C)O. The van der Waals surface area contributed by atoms with E-state index >= 15 is 0 Å². The summed E-state index contributed by atoms with van der Waals surface area (Å²) in [6.07, 6.45) is 9.35. The minimum Gasteiger partial charge on any atom is -0.387 e. The molecule has 0 aromatic rings. The number of hydrogen-bond acceptors (Lipinski definition) is 3. The molecule has 0 radical (unpaired) electrons. The highest BCUT2D eigenvalue weighted by molar-refractivity contribution is 5.85. The quantitative estimate of drug-likeness (QED) is 0.764. The van der Waals surface area contributed by atoms with Gasteiger partial charge in [0.25, 0.3) is 0 Å². The lowest BCUT2D eigenvalue weighted by atomic mass is 9.64. The van der Waals surface area contributed by atoms with Crippen LogP contribution in [0.5, 0.6) is 0 Å². The Morgan fingerprint density at radius 1 is 1.42 bits per heavy atom. The van der Waals surface area contributed by atoms with E-state index in [0.29, 0.717) is 12.5 Å². The topological polar surface area (TPSA) is 49.8 Å². The van der Waals surface area contributed by atoms with Gasteiger partial charge in [-0.15, -0.1) is 0 Å². The van der Waals surface area contributed by atoms with Gasteiger partial charge in [0.1, 0.15) is 11.8 Å². The van der Waals surface area contributed by atoms with E-state index in [0.717, 1.165) is 25.7 Å². The summed E-state index contributed by atoms with van der Waals surface area (Å²) >= 11 is 0. The van der Waals surface area contributed by atoms with E-state index in [2.05, 4.69) is 46.8 Å². The van der Waals surface area contributed by atoms with E-state index in [1.54, 1.807) is 0 Å². The summed E-state index contributed by atoms with van der Waals surface area (Å²) in [5.74, 6) is 0.289. The molecule has 0 saturated carbocycles. The molecule has 2 fully saturated rings. The molecular formula is C22H37NO3. The number of allylic oxidation sites excluding steroid dienone is 2. The molecule has 4 heteroatoms. The maximum atomic E-state index is 13.5. The molecule has 4 nitrogen and oxygen atoms in total. The maximum absolute atomic E-state index is 13.5. The van der Waals surface area contributed by atoms with Crippen LogP contribution in [-0.2, 0) is 9.53 Å². The van der Waals surface area contributed by atoms with Gasteiger partial charge in [0.05, 0.1) is 18.1 Å². The molecular weight excluding hydrogens is 326 g/mol. The van der Waals surface area contributed by atoms with Crippen LogP contribution in [0.3, 0.4) is 0 Å². The minimum absolute atomic E-state index is 0.0842. The molecule has 0 bridgehead atoms. The van der Waals surface area contributed by atoms with Crippen LogP contribution in [0.2, 0.25) is 0 Å². The molecule has 0 aromatic heterocycles. The number of hydrogen-bond donors (Lipinski definition) is 1. The van der Waals surface area contributed by atoms with Crippen molar-refractivity contribution < 1.29 is 14.6 Å². The fourth-order valence-corrected chi connectivity index (χ4v) is 5.72. The first-order valence-electron chi connectivity index (χ1n) is 10.4. The zero-order valence-corrected chi connectivity index (χ0v) is 17.4. The van der Waals surface area contributed by atoms with Gasteiger partial charge in [-0.2, -0.15) is 0 Å². The highest BCUT2D eigenvalue weighted by Gasteiger charge is 2.72. The number of carbonyl (C=O) groups is 1. The van der Waals surface area contributed by atoms with Crippen molar-refractivity contribution in [2.45, 2.75) is 91.0 Å². The van der Waals surface area contributed by atoms with Gasteiger partial charge in [0.2, 0.25) is 5.91 Å². The third-order valence-electron chi connectivity index (χ3n) is 7.22. The Kier molecular flexibility index (Phi) is 5.07. The van der Waals surface area contributed by atoms with E-state index in [9.17, 15) is 9.90 Å². The van der Waals surface area contributed by atoms with E-state index in [1.165, 1.54) is 6.42 Å². The molecule has 148 valence electrons. The van der Waals surface area contributed by atoms with Crippen LogP contribution in [-0.4, -0.2) is 39.9 Å². The summed E-state index contributed by atoms with van der Waals surface area (Å²) in [5, 5.41) is 11.8. The van der Waals surface area contributed by atoms with E-state index < -0.39 is 11.1 Å². The average Bonchev–Trinajstić information content (AvgIpc) is 3.07. The molecule has 6 atom stereocenters. The molecule has 2 aliphatic heterocycles. The third kappa shape index (κ3) is 2.67. The van der Waals surface area contributed by atoms with Crippen LogP contribution in [0.15, 0.2) is 12.2 Å². The highest BCUT2D eigenvalue weighted by atomic mass is 16.5. The van der Waals surface area contributed by atoms with Gasteiger partial charge < -0.3 is 14.7 Å². The van der Waals surface area contributed by atoms with Crippen LogP contribution in [0.4, 0.5) is 0 Å². The molecule has 1 N–H and O–H groups in total. The van der Waals surface area contributed by atoms with Crippen LogP contribution < -0.4 is 0 Å². The Balaban J connectivity index is 2.09. The lowest BCUT2D eigenvalue weighted by Gasteiger charge is -2.49. The molecule has 1 aliphatic carbocycles. The Morgan fingerprint density at radius 2 is 2.12 bits per heavy atom. The zero-order chi connectivity index (χ0) is 19.3. The molecule has 0 aromatic carbocycles. The van der Waals surface area contributed by atoms with Gasteiger partial charge in [-0.1, -0.05) is 53.2 Å². The second-order valence-electron chi connectivity index (χ2n) is 9.96. The van der Waals surface area contributed by atoms with Gasteiger partial charge in [0.15, 0.2) is 0 Å². The number of nitrogens with zero attached hydrogens (tertiary/aromatic N) is 1. The summed E-state index contributed by atoms with van der Waals surface area (Å²) in [5.41, 5.74) is -1.91. The lowest BCUT2D eigenvalue weighted by molar-refractivity contribution is -0.145. The largest absolute Gasteiger partial charge is 0.387 e. The molecule has 0 unspecified atom stereocenters. The van der Waals surface area contributed by atoms with Gasteiger partial charge in [-0.25, -0.2) is 0 Å². The third-order valence-corrected chi connectivity index (χ3v) is 7.22. The standard InChI is InChI=1S/C22H37NO3/c1-7-11-17-18(24)23-19(20(3,4)5)26-14-22(23,21(17,6)25)15(2)16-12-9-8-10-13-16/h9,12,15-17,19,25H,7-8,10-11,13-14H2,1-6H3/t15-,16-,17+,19+,21+,22-/m1/s1. The molecule has 26 heavy (non-hydrogen) atoms. The summed E-state index contributed by atoms with van der Waals surface area (Å²) in [6, 6.07) is 0. The molecule has 2 saturated heterocycles. The Labute approximate surface area is 159 Å². The highest BCUT2D eigenvalue weighted by Crippen LogP contribution is 2.57. The molecule has 3 rings (SSSR count). The Hall–Kier alpha value is -0.870. The van der Waals surface area contributed by atoms with Crippen molar-refractivity contribution in [1.29, 1.82) is 0 Å². The fourth-order valence-electron chi connectivity index (χ4n) is 5.72. The summed E-state index contributed by atoms with van der Waals surface area (Å²) in [7, 11) is 0. The molecule has 1 amide bonds. The number of ether oxygens (including phenoxy) is 1. The zero-order valence-electron chi connectivity index (χ0n) is 17.4. The maximum Gasteiger partial charge on any atom is 0.231 e. The summed E-state index contributed by atoms with van der Waals surface area (Å²) < 4.78 is 6.25. The average molecular weight is 364 g/mol. The van der Waals surface area contributed by atoms with Gasteiger partial charge in [0, 0.05) is 5.41 Å². The number of rotatable bonds is 4. The van der Waals surface area contributed by atoms with Crippen LogP contribution in [0, 0.1) is 23.2 Å². The van der Waals surface area contributed by atoms with Crippen LogP contribution in [0.25, 0.3) is 0 Å². The first kappa shape index (κ1) is 19.9. The predicted molar refractivity (Wildman–Crippen MR) is 103 cm³/mol. The van der Waals surface area contributed by atoms with Gasteiger partial charge >= 0.3 is 0 Å². The number of aliphatic hydroxyl groups is 1. The summed E-state index contributed by atoms with van der Waals surface area (Å²) in [4.78, 5) is 15.5. The van der Waals surface area contributed by atoms with E-state index in [-0.39, 0.29) is 29.4 Å². The molecule has 3 aliphatic rings. The van der Waals surface area contributed by atoms with Crippen molar-refractivity contribution in [3.05, 3.63) is 12.2 Å². The first-order chi connectivity index (χ1) is 12.1. The minimum atomic E-state index is -1.08. The van der Waals surface area contributed by atoms with Gasteiger partial charge in [-0.05, 0) is 44.4 Å². The van der Waals surface area contributed by atoms with Crippen LogP contribution >= 0.6 is 0 Å². The second-order valence-corrected chi connectivity index (χ2v) is 9.96. The van der Waals surface area contributed by atoms with Gasteiger partial charge in [-0.3, -0.25) is 4.79 Å². The van der Waals surface area contributed by atoms with Crippen molar-refractivity contribution in [1.82, 2.24) is 4.90 Å². The fraction of sp³-hybridized carbons (Fsp3) is 0.864. The van der Waals surface area contributed by atoms with Crippen molar-refractivity contribution >= 4 is 5.91 Å². The predicted octanol–water partition coefficient (Wildman–Crippen LogP) is 4.13. The van der Waals surface area contributed by atoms with Crippen molar-refractivity contribution in [2.75, 3.05) is 6.61 Å². The summed E-state index contributed by atoms with van der Waals surface area (Å²) in [6.45, 7) is 13.0. The lowest BCUT2D eigenvalue weighted by Crippen LogP contribution is -2.64. The van der Waals surface area contributed by atoms with Crippen molar-refractivity contribution in [2.24, 2.45) is 23.2 Å². The number of amides is 1. The van der Waals surface area contributed by atoms with Crippen LogP contribution in [0.1, 0.15) is 73.6 Å². The van der Waals surface area contributed by atoms with Crippen molar-refractivity contribution in [3.8, 4) is 0 Å². The smallest absolute Gasteiger partial charge is 0.231 e. The Bertz CT molecular complexity index is 576. The molecule has 0 spiro atoms. The monoisotopic (exact) mass is 363 g/mol. The normalized spacial score (nSPS) is 41.6. The number of fused-ring (bicyclic) bond motifs is 1. The van der Waals surface area contributed by atoms with E-state index in [4.69, 9.17) is 4.74 Å². The first-order valence-corrected chi connectivity index (χ1v) is 10.4. The van der Waals surface area contributed by atoms with Crippen molar-refractivity contribution in [3.63, 3.8) is 0 Å². The molecule has 2 heterocycles. The second kappa shape index (κ2) is 6.63.